The number of carbonyl (C=O) groups excluding carboxylic acids is 2. The molecule has 7 heteroatoms. The molecule has 0 radical (unpaired) electrons. The van der Waals surface area contributed by atoms with Crippen LogP contribution in [0.4, 0.5) is 0 Å². The lowest BCUT2D eigenvalue weighted by molar-refractivity contribution is -0.140. The van der Waals surface area contributed by atoms with Crippen LogP contribution >= 0.6 is 34.8 Å². The first-order valence-corrected chi connectivity index (χ1v) is 11.1. The number of rotatable bonds is 9. The van der Waals surface area contributed by atoms with Crippen molar-refractivity contribution in [3.63, 3.8) is 0 Å². The van der Waals surface area contributed by atoms with Crippen LogP contribution in [0.2, 0.25) is 15.1 Å². The Morgan fingerprint density at radius 1 is 1.00 bits per heavy atom. The van der Waals surface area contributed by atoms with E-state index in [9.17, 15) is 9.59 Å². The smallest absolute Gasteiger partial charge is 0.242 e. The molecule has 2 atom stereocenters. The van der Waals surface area contributed by atoms with Crippen molar-refractivity contribution in [1.29, 1.82) is 0 Å². The summed E-state index contributed by atoms with van der Waals surface area (Å²) in [5, 5.41) is 4.55. The highest BCUT2D eigenvalue weighted by molar-refractivity contribution is 6.35. The van der Waals surface area contributed by atoms with Crippen LogP contribution in [0, 0.1) is 0 Å². The van der Waals surface area contributed by atoms with Crippen LogP contribution in [0.25, 0.3) is 0 Å². The summed E-state index contributed by atoms with van der Waals surface area (Å²) < 4.78 is 0. The number of amides is 2. The molecule has 2 aromatic carbocycles. The minimum Gasteiger partial charge on any atom is -0.352 e. The summed E-state index contributed by atoms with van der Waals surface area (Å²) in [6.07, 6.45) is 1.53. The molecule has 30 heavy (non-hydrogen) atoms. The van der Waals surface area contributed by atoms with Gasteiger partial charge in [0, 0.05) is 34.1 Å². The first-order chi connectivity index (χ1) is 14.2. The summed E-state index contributed by atoms with van der Waals surface area (Å²) in [6, 6.07) is 11.9. The van der Waals surface area contributed by atoms with E-state index in [1.807, 2.05) is 32.0 Å². The molecule has 0 saturated carbocycles. The van der Waals surface area contributed by atoms with Crippen LogP contribution in [-0.4, -0.2) is 28.8 Å². The standard InChI is InChI=1S/C23H27Cl3N2O2/c1-4-15(2)27-23(30)16(3)28(14-18-9-11-19(24)13-21(18)26)22(29)12-10-17-7-5-6-8-20(17)25/h5-9,11,13,15-16H,4,10,12,14H2,1-3H3,(H,27,30)/t15-,16+/m0/s1. The van der Waals surface area contributed by atoms with E-state index in [-0.39, 0.29) is 30.8 Å². The highest BCUT2D eigenvalue weighted by Gasteiger charge is 2.27. The fraction of sp³-hybridized carbons (Fsp3) is 0.391. The van der Waals surface area contributed by atoms with Gasteiger partial charge in [0.25, 0.3) is 0 Å². The van der Waals surface area contributed by atoms with Crippen molar-refractivity contribution in [2.75, 3.05) is 0 Å². The van der Waals surface area contributed by atoms with Crippen LogP contribution in [0.15, 0.2) is 42.5 Å². The van der Waals surface area contributed by atoms with Gasteiger partial charge >= 0.3 is 0 Å². The van der Waals surface area contributed by atoms with Gasteiger partial charge in [0.15, 0.2) is 0 Å². The van der Waals surface area contributed by atoms with Gasteiger partial charge in [-0.1, -0.05) is 66.0 Å². The number of aryl methyl sites for hydroxylation is 1. The predicted molar refractivity (Wildman–Crippen MR) is 124 cm³/mol. The monoisotopic (exact) mass is 468 g/mol. The molecule has 1 N–H and O–H groups in total. The van der Waals surface area contributed by atoms with Gasteiger partial charge in [-0.25, -0.2) is 0 Å². The fourth-order valence-electron chi connectivity index (χ4n) is 2.97. The third kappa shape index (κ3) is 6.90. The Hall–Kier alpha value is -1.75. The third-order valence-electron chi connectivity index (χ3n) is 5.09. The van der Waals surface area contributed by atoms with E-state index in [0.29, 0.717) is 21.5 Å². The highest BCUT2D eigenvalue weighted by Crippen LogP contribution is 2.24. The van der Waals surface area contributed by atoms with Crippen LogP contribution in [0.5, 0.6) is 0 Å². The Morgan fingerprint density at radius 2 is 1.70 bits per heavy atom. The van der Waals surface area contributed by atoms with Crippen molar-refractivity contribution in [2.24, 2.45) is 0 Å². The Balaban J connectivity index is 2.21. The molecule has 0 aliphatic rings. The topological polar surface area (TPSA) is 49.4 Å². The minimum absolute atomic E-state index is 0.0270. The Morgan fingerprint density at radius 3 is 2.33 bits per heavy atom. The Kier molecular flexibility index (Phi) is 9.47. The SMILES string of the molecule is CC[C@H](C)NC(=O)[C@@H](C)N(Cc1ccc(Cl)cc1Cl)C(=O)CCc1ccccc1Cl. The maximum atomic E-state index is 13.1. The minimum atomic E-state index is -0.649. The predicted octanol–water partition coefficient (Wildman–Crippen LogP) is 5.91. The number of nitrogens with zero attached hydrogens (tertiary/aromatic N) is 1. The second kappa shape index (κ2) is 11.6. The van der Waals surface area contributed by atoms with Gasteiger partial charge < -0.3 is 10.2 Å². The summed E-state index contributed by atoms with van der Waals surface area (Å²) in [5.74, 6) is -0.340. The summed E-state index contributed by atoms with van der Waals surface area (Å²) in [6.45, 7) is 5.88. The van der Waals surface area contributed by atoms with Crippen LogP contribution < -0.4 is 5.32 Å². The van der Waals surface area contributed by atoms with E-state index in [2.05, 4.69) is 5.32 Å². The molecule has 0 aliphatic carbocycles. The number of halogens is 3. The quantitative estimate of drug-likeness (QED) is 0.496. The van der Waals surface area contributed by atoms with Gasteiger partial charge in [0.2, 0.25) is 11.8 Å². The number of hydrogen-bond acceptors (Lipinski definition) is 2. The van der Waals surface area contributed by atoms with Gasteiger partial charge in [-0.3, -0.25) is 9.59 Å². The normalized spacial score (nSPS) is 12.9. The fourth-order valence-corrected chi connectivity index (χ4v) is 3.67. The lowest BCUT2D eigenvalue weighted by Crippen LogP contribution is -2.49. The maximum absolute atomic E-state index is 13.1. The zero-order valence-corrected chi connectivity index (χ0v) is 19.7. The van der Waals surface area contributed by atoms with Crippen molar-refractivity contribution in [3.8, 4) is 0 Å². The number of nitrogens with one attached hydrogen (secondary N) is 1. The van der Waals surface area contributed by atoms with Gasteiger partial charge in [-0.15, -0.1) is 0 Å². The molecule has 2 aromatic rings. The van der Waals surface area contributed by atoms with E-state index in [1.54, 1.807) is 36.1 Å². The second-order valence-electron chi connectivity index (χ2n) is 7.34. The molecule has 0 unspecified atom stereocenters. The highest BCUT2D eigenvalue weighted by atomic mass is 35.5. The van der Waals surface area contributed by atoms with Crippen LogP contribution in [0.1, 0.15) is 44.7 Å². The van der Waals surface area contributed by atoms with Crippen molar-refractivity contribution < 1.29 is 9.59 Å². The molecule has 0 saturated heterocycles. The second-order valence-corrected chi connectivity index (χ2v) is 8.59. The Labute approximate surface area is 193 Å². The van der Waals surface area contributed by atoms with E-state index < -0.39 is 6.04 Å². The molecule has 162 valence electrons. The summed E-state index contributed by atoms with van der Waals surface area (Å²) in [7, 11) is 0. The lowest BCUT2D eigenvalue weighted by atomic mass is 10.1. The van der Waals surface area contributed by atoms with E-state index in [1.165, 1.54) is 0 Å². The van der Waals surface area contributed by atoms with Gasteiger partial charge in [-0.05, 0) is 56.0 Å². The van der Waals surface area contributed by atoms with Gasteiger partial charge in [0.1, 0.15) is 6.04 Å². The molecule has 0 bridgehead atoms. The summed E-state index contributed by atoms with van der Waals surface area (Å²) >= 11 is 18.5. The lowest BCUT2D eigenvalue weighted by Gasteiger charge is -2.30. The molecule has 2 rings (SSSR count). The maximum Gasteiger partial charge on any atom is 0.242 e. The average molecular weight is 470 g/mol. The van der Waals surface area contributed by atoms with E-state index in [0.717, 1.165) is 17.5 Å². The molecule has 2 amide bonds. The van der Waals surface area contributed by atoms with Crippen molar-refractivity contribution in [1.82, 2.24) is 10.2 Å². The molecule has 0 aliphatic heterocycles. The van der Waals surface area contributed by atoms with E-state index >= 15 is 0 Å². The first kappa shape index (κ1) is 24.5. The summed E-state index contributed by atoms with van der Waals surface area (Å²) in [5.41, 5.74) is 1.63. The molecule has 0 spiro atoms. The molecular weight excluding hydrogens is 443 g/mol. The Bertz CT molecular complexity index is 889. The molecule has 0 fully saturated rings. The van der Waals surface area contributed by atoms with Gasteiger partial charge in [-0.2, -0.15) is 0 Å². The van der Waals surface area contributed by atoms with E-state index in [4.69, 9.17) is 34.8 Å². The van der Waals surface area contributed by atoms with Crippen molar-refractivity contribution >= 4 is 46.6 Å². The molecule has 0 heterocycles. The van der Waals surface area contributed by atoms with Crippen LogP contribution in [-0.2, 0) is 22.6 Å². The zero-order chi connectivity index (χ0) is 22.3. The average Bonchev–Trinajstić information content (AvgIpc) is 2.71. The van der Waals surface area contributed by atoms with Gasteiger partial charge in [0.05, 0.1) is 0 Å². The number of hydrogen-bond donors (Lipinski definition) is 1. The molecule has 0 aromatic heterocycles. The first-order valence-electron chi connectivity index (χ1n) is 10.00. The third-order valence-corrected chi connectivity index (χ3v) is 6.05. The van der Waals surface area contributed by atoms with Crippen molar-refractivity contribution in [2.45, 2.75) is 58.7 Å². The summed E-state index contributed by atoms with van der Waals surface area (Å²) in [4.78, 5) is 27.4. The zero-order valence-electron chi connectivity index (χ0n) is 17.4. The molecule has 4 nitrogen and oxygen atoms in total. The van der Waals surface area contributed by atoms with Crippen molar-refractivity contribution in [3.05, 3.63) is 68.7 Å². The van der Waals surface area contributed by atoms with Crippen LogP contribution in [0.3, 0.4) is 0 Å². The largest absolute Gasteiger partial charge is 0.352 e. The molecular formula is C23H27Cl3N2O2. The number of carbonyl (C=O) groups is 2. The number of benzene rings is 2.